The SMILES string of the molecule is C=CCCCCCC[Si](C)(CCCCCCC=C)O[Si](C)(C)C. The zero-order valence-corrected chi connectivity index (χ0v) is 18.5. The lowest BCUT2D eigenvalue weighted by molar-refractivity contribution is 0.519. The lowest BCUT2D eigenvalue weighted by Gasteiger charge is -2.35. The molecule has 0 saturated carbocycles. The van der Waals surface area contributed by atoms with E-state index in [0.29, 0.717) is 0 Å². The highest BCUT2D eigenvalue weighted by atomic mass is 28.4. The first-order valence-electron chi connectivity index (χ1n) is 9.75. The summed E-state index contributed by atoms with van der Waals surface area (Å²) in [4.78, 5) is 0. The van der Waals surface area contributed by atoms with Crippen LogP contribution in [0.4, 0.5) is 0 Å². The largest absolute Gasteiger partial charge is 0.456 e. The van der Waals surface area contributed by atoms with Gasteiger partial charge in [0.05, 0.1) is 0 Å². The van der Waals surface area contributed by atoms with Crippen LogP contribution >= 0.6 is 0 Å². The van der Waals surface area contributed by atoms with Gasteiger partial charge in [-0.3, -0.25) is 0 Å². The highest BCUT2D eigenvalue weighted by Crippen LogP contribution is 2.28. The Morgan fingerprint density at radius 2 is 1.04 bits per heavy atom. The van der Waals surface area contributed by atoms with Crippen LogP contribution in [0.15, 0.2) is 25.3 Å². The quantitative estimate of drug-likeness (QED) is 0.157. The fourth-order valence-corrected chi connectivity index (χ4v) is 12.2. The molecule has 0 atom stereocenters. The standard InChI is InChI=1S/C20H42OSi2/c1-7-9-11-13-15-17-19-23(6,21-22(3,4)5)20-18-16-14-12-10-8-2/h7-8H,1-2,9-20H2,3-6H3. The lowest BCUT2D eigenvalue weighted by Crippen LogP contribution is -2.44. The minimum absolute atomic E-state index is 1.17. The van der Waals surface area contributed by atoms with E-state index in [-0.39, 0.29) is 0 Å². The second-order valence-corrected chi connectivity index (χ2v) is 17.1. The predicted octanol–water partition coefficient (Wildman–Crippen LogP) is 7.69. The van der Waals surface area contributed by atoms with Crippen molar-refractivity contribution in [2.24, 2.45) is 0 Å². The van der Waals surface area contributed by atoms with E-state index in [1.54, 1.807) is 0 Å². The number of rotatable bonds is 16. The fourth-order valence-electron chi connectivity index (χ4n) is 3.25. The van der Waals surface area contributed by atoms with Crippen LogP contribution in [0.1, 0.15) is 64.2 Å². The van der Waals surface area contributed by atoms with Gasteiger partial charge in [0.15, 0.2) is 16.6 Å². The predicted molar refractivity (Wildman–Crippen MR) is 112 cm³/mol. The zero-order chi connectivity index (χ0) is 17.6. The van der Waals surface area contributed by atoms with Crippen LogP contribution in [0.2, 0.25) is 38.3 Å². The maximum atomic E-state index is 6.73. The van der Waals surface area contributed by atoms with Gasteiger partial charge in [-0.2, -0.15) is 0 Å². The molecule has 0 aliphatic carbocycles. The van der Waals surface area contributed by atoms with Crippen LogP contribution in [-0.2, 0) is 4.12 Å². The third-order valence-electron chi connectivity index (χ3n) is 4.28. The third-order valence-corrected chi connectivity index (χ3v) is 11.5. The second kappa shape index (κ2) is 13.2. The van der Waals surface area contributed by atoms with Crippen molar-refractivity contribution in [2.75, 3.05) is 0 Å². The Hall–Kier alpha value is -0.126. The molecule has 0 heterocycles. The molecule has 3 heteroatoms. The molecule has 0 aromatic carbocycles. The van der Waals surface area contributed by atoms with Gasteiger partial charge in [-0.15, -0.1) is 13.2 Å². The van der Waals surface area contributed by atoms with Crippen molar-refractivity contribution in [1.82, 2.24) is 0 Å². The highest BCUT2D eigenvalue weighted by molar-refractivity contribution is 6.84. The van der Waals surface area contributed by atoms with Gasteiger partial charge < -0.3 is 4.12 Å². The monoisotopic (exact) mass is 354 g/mol. The van der Waals surface area contributed by atoms with Crippen molar-refractivity contribution in [1.29, 1.82) is 0 Å². The topological polar surface area (TPSA) is 9.23 Å². The molecule has 0 bridgehead atoms. The fraction of sp³-hybridized carbons (Fsp3) is 0.800. The molecule has 0 fully saturated rings. The summed E-state index contributed by atoms with van der Waals surface area (Å²) < 4.78 is 6.73. The number of unbranched alkanes of at least 4 members (excludes halogenated alkanes) is 8. The van der Waals surface area contributed by atoms with Gasteiger partial charge in [-0.1, -0.05) is 50.7 Å². The van der Waals surface area contributed by atoms with Crippen LogP contribution in [0.5, 0.6) is 0 Å². The Morgan fingerprint density at radius 1 is 0.652 bits per heavy atom. The summed E-state index contributed by atoms with van der Waals surface area (Å²) in [5, 5.41) is 0. The molecule has 136 valence electrons. The van der Waals surface area contributed by atoms with Gasteiger partial charge in [0.25, 0.3) is 0 Å². The van der Waals surface area contributed by atoms with Crippen molar-refractivity contribution in [2.45, 2.75) is 102 Å². The Balaban J connectivity index is 4.13. The number of allylic oxidation sites excluding steroid dienone is 2. The van der Waals surface area contributed by atoms with E-state index in [2.05, 4.69) is 39.3 Å². The first kappa shape index (κ1) is 22.9. The maximum absolute atomic E-state index is 6.73. The molecule has 0 radical (unpaired) electrons. The minimum atomic E-state index is -1.50. The zero-order valence-electron chi connectivity index (χ0n) is 16.5. The van der Waals surface area contributed by atoms with Gasteiger partial charge >= 0.3 is 0 Å². The molecule has 0 aromatic rings. The third kappa shape index (κ3) is 15.2. The summed E-state index contributed by atoms with van der Waals surface area (Å²) in [6, 6.07) is 2.72. The summed E-state index contributed by atoms with van der Waals surface area (Å²) in [5.74, 6) is 0. The van der Waals surface area contributed by atoms with Crippen LogP contribution in [0.3, 0.4) is 0 Å². The van der Waals surface area contributed by atoms with Gasteiger partial charge in [0, 0.05) is 0 Å². The van der Waals surface area contributed by atoms with Gasteiger partial charge in [0.1, 0.15) is 0 Å². The van der Waals surface area contributed by atoms with Crippen LogP contribution in [-0.4, -0.2) is 16.6 Å². The molecule has 0 aliphatic rings. The Morgan fingerprint density at radius 3 is 1.39 bits per heavy atom. The average molecular weight is 355 g/mol. The van der Waals surface area contributed by atoms with Gasteiger partial charge in [0.2, 0.25) is 0 Å². The molecule has 0 N–H and O–H groups in total. The normalized spacial score (nSPS) is 12.3. The van der Waals surface area contributed by atoms with Gasteiger partial charge in [-0.25, -0.2) is 0 Å². The molecule has 0 spiro atoms. The van der Waals surface area contributed by atoms with E-state index in [1.807, 2.05) is 12.2 Å². The Labute approximate surface area is 148 Å². The van der Waals surface area contributed by atoms with Crippen molar-refractivity contribution in [3.05, 3.63) is 25.3 Å². The Bertz CT molecular complexity index is 287. The molecule has 0 saturated heterocycles. The summed E-state index contributed by atoms with van der Waals surface area (Å²) in [5.41, 5.74) is 0. The summed E-state index contributed by atoms with van der Waals surface area (Å²) in [7, 11) is -2.92. The van der Waals surface area contributed by atoms with Crippen LogP contribution < -0.4 is 0 Å². The van der Waals surface area contributed by atoms with Crippen LogP contribution in [0, 0.1) is 0 Å². The molecule has 0 rings (SSSR count). The van der Waals surface area contributed by atoms with E-state index in [0.717, 1.165) is 0 Å². The molecule has 0 unspecified atom stereocenters. The van der Waals surface area contributed by atoms with Crippen molar-refractivity contribution < 1.29 is 4.12 Å². The highest BCUT2D eigenvalue weighted by Gasteiger charge is 2.33. The van der Waals surface area contributed by atoms with E-state index in [9.17, 15) is 0 Å². The minimum Gasteiger partial charge on any atom is -0.456 e. The smallest absolute Gasteiger partial charge is 0.176 e. The Kier molecular flexibility index (Phi) is 13.1. The molecule has 23 heavy (non-hydrogen) atoms. The first-order valence-corrected chi connectivity index (χ1v) is 16.0. The van der Waals surface area contributed by atoms with E-state index in [1.165, 1.54) is 76.3 Å². The maximum Gasteiger partial charge on any atom is 0.176 e. The average Bonchev–Trinajstić information content (AvgIpc) is 2.44. The molecular weight excluding hydrogens is 312 g/mol. The second-order valence-electron chi connectivity index (χ2n) is 8.15. The molecule has 1 nitrogen and oxygen atoms in total. The molecule has 0 aromatic heterocycles. The van der Waals surface area contributed by atoms with Crippen molar-refractivity contribution in [3.63, 3.8) is 0 Å². The molecular formula is C20H42OSi2. The van der Waals surface area contributed by atoms with E-state index < -0.39 is 16.6 Å². The molecule has 0 aliphatic heterocycles. The molecule has 0 amide bonds. The number of hydrogen-bond acceptors (Lipinski definition) is 1. The van der Waals surface area contributed by atoms with Crippen LogP contribution in [0.25, 0.3) is 0 Å². The van der Waals surface area contributed by atoms with E-state index in [4.69, 9.17) is 4.12 Å². The summed E-state index contributed by atoms with van der Waals surface area (Å²) in [6.07, 6.45) is 17.2. The van der Waals surface area contributed by atoms with Crippen molar-refractivity contribution in [3.8, 4) is 0 Å². The summed E-state index contributed by atoms with van der Waals surface area (Å²) in [6.45, 7) is 17.2. The summed E-state index contributed by atoms with van der Waals surface area (Å²) >= 11 is 0. The van der Waals surface area contributed by atoms with E-state index >= 15 is 0 Å². The number of hydrogen-bond donors (Lipinski definition) is 0. The van der Waals surface area contributed by atoms with Crippen molar-refractivity contribution >= 4 is 16.6 Å². The van der Waals surface area contributed by atoms with Gasteiger partial charge in [-0.05, 0) is 64.0 Å². The first-order chi connectivity index (χ1) is 10.8. The lowest BCUT2D eigenvalue weighted by atomic mass is 10.1.